The number of nitrogens with one attached hydrogen (secondary N) is 1. The maximum Gasteiger partial charge on any atom is 0.342 e. The van der Waals surface area contributed by atoms with Crippen LogP contribution in [0.25, 0.3) is 0 Å². The molecule has 7 heteroatoms. The zero-order valence-corrected chi connectivity index (χ0v) is 15.9. The van der Waals surface area contributed by atoms with Gasteiger partial charge in [0.25, 0.3) is 5.91 Å². The molecule has 28 heavy (non-hydrogen) atoms. The molecular formula is C21H22N2O5. The van der Waals surface area contributed by atoms with E-state index in [4.69, 9.17) is 4.74 Å². The van der Waals surface area contributed by atoms with E-state index in [1.54, 1.807) is 57.2 Å². The molecule has 0 saturated carbocycles. The number of nitrogens with zero attached hydrogens (tertiary/aromatic N) is 1. The summed E-state index contributed by atoms with van der Waals surface area (Å²) in [7, 11) is 0. The molecule has 1 aliphatic rings. The van der Waals surface area contributed by atoms with Gasteiger partial charge >= 0.3 is 5.97 Å². The van der Waals surface area contributed by atoms with E-state index in [1.807, 2.05) is 0 Å². The molecule has 2 amide bonds. The summed E-state index contributed by atoms with van der Waals surface area (Å²) < 4.78 is 5.48. The second-order valence-electron chi connectivity index (χ2n) is 7.03. The Morgan fingerprint density at radius 3 is 2.57 bits per heavy atom. The maximum atomic E-state index is 13.2. The Morgan fingerprint density at radius 2 is 1.86 bits per heavy atom. The molecule has 2 N–H and O–H groups in total. The number of para-hydroxylation sites is 3. The summed E-state index contributed by atoms with van der Waals surface area (Å²) in [6, 6.07) is 11.7. The van der Waals surface area contributed by atoms with Crippen molar-refractivity contribution in [1.82, 2.24) is 0 Å². The molecular weight excluding hydrogens is 360 g/mol. The molecule has 0 unspecified atom stereocenters. The molecule has 2 aromatic rings. The first-order chi connectivity index (χ1) is 13.3. The smallest absolute Gasteiger partial charge is 0.342 e. The quantitative estimate of drug-likeness (QED) is 0.793. The summed E-state index contributed by atoms with van der Waals surface area (Å²) in [4.78, 5) is 39.1. The van der Waals surface area contributed by atoms with Crippen LogP contribution < -0.4 is 10.2 Å². The number of hydrogen-bond donors (Lipinski definition) is 2. The third-order valence-corrected chi connectivity index (χ3v) is 4.58. The number of amides is 2. The number of phenols is 1. The van der Waals surface area contributed by atoms with Crippen LogP contribution in [-0.4, -0.2) is 35.5 Å². The molecule has 0 aliphatic carbocycles. The standard InChI is InChI=1S/C21H22N2O5/c1-12(2)19(28-21(27)14-8-6-7-13(3)18(14)25)20(26)23-11-17(24)22-15-9-4-5-10-16(15)23/h4-10,12,19,25H,11H2,1-3H3,(H,22,24)/t19-/m1/s1. The lowest BCUT2D eigenvalue weighted by molar-refractivity contribution is -0.130. The summed E-state index contributed by atoms with van der Waals surface area (Å²) in [5, 5.41) is 12.8. The van der Waals surface area contributed by atoms with Gasteiger partial charge in [0.1, 0.15) is 17.9 Å². The van der Waals surface area contributed by atoms with Crippen molar-refractivity contribution in [3.05, 3.63) is 53.6 Å². The Labute approximate surface area is 162 Å². The van der Waals surface area contributed by atoms with Gasteiger partial charge in [0.15, 0.2) is 6.10 Å². The summed E-state index contributed by atoms with van der Waals surface area (Å²) in [6.45, 7) is 5.01. The highest BCUT2D eigenvalue weighted by atomic mass is 16.5. The van der Waals surface area contributed by atoms with Crippen LogP contribution in [-0.2, 0) is 14.3 Å². The Kier molecular flexibility index (Phi) is 5.35. The fourth-order valence-electron chi connectivity index (χ4n) is 3.06. The second kappa shape index (κ2) is 7.72. The van der Waals surface area contributed by atoms with Crippen molar-refractivity contribution < 1.29 is 24.2 Å². The fourth-order valence-corrected chi connectivity index (χ4v) is 3.06. The summed E-state index contributed by atoms with van der Waals surface area (Å²) in [6.07, 6.45) is -1.11. The van der Waals surface area contributed by atoms with Gasteiger partial charge in [-0.05, 0) is 36.6 Å². The number of aromatic hydroxyl groups is 1. The molecule has 7 nitrogen and oxygen atoms in total. The highest BCUT2D eigenvalue weighted by molar-refractivity contribution is 6.11. The summed E-state index contributed by atoms with van der Waals surface area (Å²) >= 11 is 0. The average Bonchev–Trinajstić information content (AvgIpc) is 2.66. The summed E-state index contributed by atoms with van der Waals surface area (Å²) in [5.41, 5.74) is 1.60. The van der Waals surface area contributed by atoms with Crippen molar-refractivity contribution >= 4 is 29.2 Å². The van der Waals surface area contributed by atoms with Gasteiger partial charge in [-0.1, -0.05) is 38.1 Å². The topological polar surface area (TPSA) is 95.9 Å². The van der Waals surface area contributed by atoms with Crippen molar-refractivity contribution in [2.45, 2.75) is 26.9 Å². The van der Waals surface area contributed by atoms with Gasteiger partial charge < -0.3 is 15.2 Å². The van der Waals surface area contributed by atoms with Gasteiger partial charge in [0, 0.05) is 0 Å². The Balaban J connectivity index is 1.89. The molecule has 1 atom stereocenters. The first-order valence-corrected chi connectivity index (χ1v) is 8.99. The zero-order valence-electron chi connectivity index (χ0n) is 15.9. The fraction of sp³-hybridized carbons (Fsp3) is 0.286. The zero-order chi connectivity index (χ0) is 20.4. The van der Waals surface area contributed by atoms with Crippen LogP contribution in [0.3, 0.4) is 0 Å². The molecule has 0 saturated heterocycles. The van der Waals surface area contributed by atoms with Gasteiger partial charge in [-0.2, -0.15) is 0 Å². The Morgan fingerprint density at radius 1 is 1.14 bits per heavy atom. The highest BCUT2D eigenvalue weighted by Crippen LogP contribution is 2.31. The molecule has 0 spiro atoms. The van der Waals surface area contributed by atoms with E-state index in [9.17, 15) is 19.5 Å². The minimum absolute atomic E-state index is 0.00441. The molecule has 1 aliphatic heterocycles. The van der Waals surface area contributed by atoms with Crippen molar-refractivity contribution in [2.75, 3.05) is 16.8 Å². The van der Waals surface area contributed by atoms with Crippen LogP contribution in [0.5, 0.6) is 5.75 Å². The number of anilines is 2. The predicted molar refractivity (Wildman–Crippen MR) is 104 cm³/mol. The van der Waals surface area contributed by atoms with Crippen molar-refractivity contribution in [1.29, 1.82) is 0 Å². The number of carbonyl (C=O) groups is 3. The molecule has 146 valence electrons. The van der Waals surface area contributed by atoms with Gasteiger partial charge in [-0.25, -0.2) is 4.79 Å². The number of aryl methyl sites for hydroxylation is 1. The molecule has 0 fully saturated rings. The number of rotatable bonds is 4. The SMILES string of the molecule is Cc1cccc(C(=O)O[C@@H](C(=O)N2CC(=O)Nc3ccccc32)C(C)C)c1O. The van der Waals surface area contributed by atoms with E-state index in [2.05, 4.69) is 5.32 Å². The number of phenolic OH excluding ortho intramolecular Hbond substituents is 1. The number of carbonyl (C=O) groups excluding carboxylic acids is 3. The largest absolute Gasteiger partial charge is 0.507 e. The normalized spacial score (nSPS) is 14.3. The van der Waals surface area contributed by atoms with E-state index in [0.717, 1.165) is 0 Å². The number of esters is 1. The first-order valence-electron chi connectivity index (χ1n) is 8.99. The minimum atomic E-state index is -1.11. The third-order valence-electron chi connectivity index (χ3n) is 4.58. The highest BCUT2D eigenvalue weighted by Gasteiger charge is 2.36. The lowest BCUT2D eigenvalue weighted by Crippen LogP contribution is -2.49. The molecule has 0 radical (unpaired) electrons. The lowest BCUT2D eigenvalue weighted by atomic mass is 10.0. The van der Waals surface area contributed by atoms with Crippen LogP contribution in [0.15, 0.2) is 42.5 Å². The number of fused-ring (bicyclic) bond motifs is 1. The monoisotopic (exact) mass is 382 g/mol. The second-order valence-corrected chi connectivity index (χ2v) is 7.03. The van der Waals surface area contributed by atoms with Gasteiger partial charge in [-0.15, -0.1) is 0 Å². The van der Waals surface area contributed by atoms with Gasteiger partial charge in [0.05, 0.1) is 11.4 Å². The van der Waals surface area contributed by atoms with Crippen LogP contribution in [0, 0.1) is 12.8 Å². The van der Waals surface area contributed by atoms with Crippen LogP contribution >= 0.6 is 0 Å². The minimum Gasteiger partial charge on any atom is -0.507 e. The third kappa shape index (κ3) is 3.69. The van der Waals surface area contributed by atoms with Crippen molar-refractivity contribution in [2.24, 2.45) is 5.92 Å². The molecule has 1 heterocycles. The Hall–Kier alpha value is -3.35. The van der Waals surface area contributed by atoms with Gasteiger partial charge in [0.2, 0.25) is 5.91 Å². The first kappa shape index (κ1) is 19.4. The van der Waals surface area contributed by atoms with E-state index in [0.29, 0.717) is 16.9 Å². The number of hydrogen-bond acceptors (Lipinski definition) is 5. The van der Waals surface area contributed by atoms with Crippen LogP contribution in [0.2, 0.25) is 0 Å². The Bertz CT molecular complexity index is 938. The molecule has 3 rings (SSSR count). The molecule has 0 aromatic heterocycles. The van der Waals surface area contributed by atoms with E-state index >= 15 is 0 Å². The summed E-state index contributed by atoms with van der Waals surface area (Å²) in [5.74, 6) is -2.11. The number of benzene rings is 2. The van der Waals surface area contributed by atoms with E-state index in [-0.39, 0.29) is 29.7 Å². The van der Waals surface area contributed by atoms with Gasteiger partial charge in [-0.3, -0.25) is 14.5 Å². The van der Waals surface area contributed by atoms with Crippen molar-refractivity contribution in [3.8, 4) is 5.75 Å². The lowest BCUT2D eigenvalue weighted by Gasteiger charge is -2.32. The van der Waals surface area contributed by atoms with Crippen molar-refractivity contribution in [3.63, 3.8) is 0 Å². The maximum absolute atomic E-state index is 13.2. The average molecular weight is 382 g/mol. The van der Waals surface area contributed by atoms with Crippen LogP contribution in [0.4, 0.5) is 11.4 Å². The number of ether oxygens (including phenoxy) is 1. The molecule has 0 bridgehead atoms. The molecule has 2 aromatic carbocycles. The van der Waals surface area contributed by atoms with Crippen LogP contribution in [0.1, 0.15) is 29.8 Å². The van der Waals surface area contributed by atoms with E-state index < -0.39 is 18.0 Å². The predicted octanol–water partition coefficient (Wildman–Crippen LogP) is 2.87. The van der Waals surface area contributed by atoms with E-state index in [1.165, 1.54) is 11.0 Å².